The molecule has 0 aromatic carbocycles. The molecule has 6 aliphatic rings. The van der Waals surface area contributed by atoms with Gasteiger partial charge in [-0.05, 0) is 103 Å². The van der Waals surface area contributed by atoms with E-state index in [2.05, 4.69) is 54.5 Å². The second-order valence-corrected chi connectivity index (χ2v) is 18.0. The van der Waals surface area contributed by atoms with Crippen molar-refractivity contribution in [2.75, 3.05) is 6.61 Å². The number of aliphatic hydroxyl groups excluding tert-OH is 5. The van der Waals surface area contributed by atoms with Crippen molar-refractivity contribution in [2.45, 2.75) is 149 Å². The van der Waals surface area contributed by atoms with Gasteiger partial charge < -0.3 is 40.1 Å². The Morgan fingerprint density at radius 1 is 0.889 bits per heavy atom. The maximum atomic E-state index is 13.0. The lowest BCUT2D eigenvalue weighted by atomic mass is 9.33. The monoisotopic (exact) mass is 634 g/mol. The van der Waals surface area contributed by atoms with Gasteiger partial charge in [0.15, 0.2) is 6.29 Å². The highest BCUT2D eigenvalue weighted by Gasteiger charge is 2.71. The van der Waals surface area contributed by atoms with E-state index in [9.17, 15) is 35.4 Å². The summed E-state index contributed by atoms with van der Waals surface area (Å²) in [5.74, 6) is -0.382. The second kappa shape index (κ2) is 10.7. The highest BCUT2D eigenvalue weighted by molar-refractivity contribution is 5.77. The zero-order chi connectivity index (χ0) is 33.1. The third-order valence-corrected chi connectivity index (χ3v) is 15.2. The van der Waals surface area contributed by atoms with Crippen LogP contribution in [0.5, 0.6) is 0 Å². The van der Waals surface area contributed by atoms with Crippen molar-refractivity contribution in [3.05, 3.63) is 11.6 Å². The average Bonchev–Trinajstić information content (AvgIpc) is 2.94. The summed E-state index contributed by atoms with van der Waals surface area (Å²) in [7, 11) is 0. The van der Waals surface area contributed by atoms with Gasteiger partial charge in [-0.2, -0.15) is 0 Å². The van der Waals surface area contributed by atoms with Crippen molar-refractivity contribution in [1.29, 1.82) is 0 Å². The van der Waals surface area contributed by atoms with Crippen LogP contribution in [0, 0.1) is 50.2 Å². The molecule has 0 radical (unpaired) electrons. The molecule has 0 amide bonds. The van der Waals surface area contributed by atoms with Gasteiger partial charge in [-0.25, -0.2) is 0 Å². The van der Waals surface area contributed by atoms with Crippen molar-refractivity contribution >= 4 is 5.97 Å². The van der Waals surface area contributed by atoms with E-state index in [1.165, 1.54) is 5.57 Å². The minimum Gasteiger partial charge on any atom is -0.481 e. The highest BCUT2D eigenvalue weighted by atomic mass is 16.7. The molecule has 1 saturated heterocycles. The number of carbonyl (C=O) groups is 1. The van der Waals surface area contributed by atoms with E-state index in [0.717, 1.165) is 44.9 Å². The molecule has 0 aromatic rings. The van der Waals surface area contributed by atoms with Crippen LogP contribution in [-0.4, -0.2) is 86.1 Å². The molecule has 9 nitrogen and oxygen atoms in total. The molecule has 45 heavy (non-hydrogen) atoms. The van der Waals surface area contributed by atoms with Crippen molar-refractivity contribution in [2.24, 2.45) is 50.2 Å². The highest BCUT2D eigenvalue weighted by Crippen LogP contribution is 2.76. The van der Waals surface area contributed by atoms with E-state index in [4.69, 9.17) is 9.47 Å². The summed E-state index contributed by atoms with van der Waals surface area (Å²) in [4.78, 5) is 13.0. The number of rotatable bonds is 4. The van der Waals surface area contributed by atoms with E-state index in [0.29, 0.717) is 24.7 Å². The van der Waals surface area contributed by atoms with E-state index in [-0.39, 0.29) is 39.1 Å². The van der Waals surface area contributed by atoms with Crippen LogP contribution in [0.3, 0.4) is 0 Å². The number of ether oxygens (including phenoxy) is 2. The topological polar surface area (TPSA) is 157 Å². The van der Waals surface area contributed by atoms with Gasteiger partial charge in [0, 0.05) is 0 Å². The average molecular weight is 635 g/mol. The lowest BCUT2D eigenvalue weighted by Gasteiger charge is -2.71. The van der Waals surface area contributed by atoms with Crippen LogP contribution >= 0.6 is 0 Å². The summed E-state index contributed by atoms with van der Waals surface area (Å²) in [6.07, 6.45) is 1.79. The fourth-order valence-electron chi connectivity index (χ4n) is 12.3. The Morgan fingerprint density at radius 2 is 1.58 bits per heavy atom. The van der Waals surface area contributed by atoms with E-state index in [1.54, 1.807) is 0 Å². The van der Waals surface area contributed by atoms with E-state index in [1.807, 2.05) is 0 Å². The fraction of sp³-hybridized carbons (Fsp3) is 0.917. The smallest absolute Gasteiger partial charge is 0.312 e. The van der Waals surface area contributed by atoms with Crippen LogP contribution in [0.1, 0.15) is 106 Å². The van der Waals surface area contributed by atoms with Gasteiger partial charge in [0.25, 0.3) is 0 Å². The lowest BCUT2D eigenvalue weighted by molar-refractivity contribution is -0.330. The number of hydrogen-bond donors (Lipinski definition) is 6. The predicted molar refractivity (Wildman–Crippen MR) is 167 cm³/mol. The number of allylic oxidation sites excluding steroid dienone is 2. The zero-order valence-electron chi connectivity index (χ0n) is 28.3. The maximum absolute atomic E-state index is 13.0. The number of fused-ring (bicyclic) bond motifs is 7. The molecule has 5 fully saturated rings. The van der Waals surface area contributed by atoms with Gasteiger partial charge in [0.05, 0.1) is 18.8 Å². The molecule has 1 unspecified atom stereocenters. The summed E-state index contributed by atoms with van der Waals surface area (Å²) < 4.78 is 12.2. The van der Waals surface area contributed by atoms with Crippen molar-refractivity contribution in [3.8, 4) is 0 Å². The molecule has 1 heterocycles. The quantitative estimate of drug-likeness (QED) is 0.199. The van der Waals surface area contributed by atoms with Crippen LogP contribution < -0.4 is 0 Å². The molecule has 1 aliphatic heterocycles. The molecule has 4 saturated carbocycles. The molecule has 6 rings (SSSR count). The number of carboxylic acid groups (broad SMARTS) is 1. The Labute approximate surface area is 268 Å². The molecule has 6 N–H and O–H groups in total. The molecule has 0 aromatic heterocycles. The molecule has 256 valence electrons. The zero-order valence-corrected chi connectivity index (χ0v) is 28.3. The Hall–Kier alpha value is -1.07. The van der Waals surface area contributed by atoms with Crippen molar-refractivity contribution < 1.29 is 44.9 Å². The summed E-state index contributed by atoms with van der Waals surface area (Å²) in [5.41, 5.74) is -0.571. The van der Waals surface area contributed by atoms with Crippen molar-refractivity contribution in [1.82, 2.24) is 0 Å². The van der Waals surface area contributed by atoms with Crippen LogP contribution in [0.25, 0.3) is 0 Å². The number of aliphatic hydroxyl groups is 5. The Bertz CT molecular complexity index is 1210. The molecular formula is C36H58O9. The molecule has 14 atom stereocenters. The van der Waals surface area contributed by atoms with Gasteiger partial charge in [-0.15, -0.1) is 0 Å². The number of carboxylic acids is 1. The normalized spacial score (nSPS) is 53.6. The fourth-order valence-corrected chi connectivity index (χ4v) is 12.3. The van der Waals surface area contributed by atoms with Gasteiger partial charge in [0.1, 0.15) is 29.8 Å². The summed E-state index contributed by atoms with van der Waals surface area (Å²) >= 11 is 0. The van der Waals surface area contributed by atoms with Gasteiger partial charge in [-0.3, -0.25) is 4.79 Å². The lowest BCUT2D eigenvalue weighted by Crippen LogP contribution is -2.68. The van der Waals surface area contributed by atoms with Crippen LogP contribution in [0.4, 0.5) is 0 Å². The third-order valence-electron chi connectivity index (χ3n) is 15.2. The van der Waals surface area contributed by atoms with Gasteiger partial charge in [-0.1, -0.05) is 60.1 Å². The SMILES string of the molecule is CC1(C)CC[C@]2(C(=O)O)[C@@H](O)C[C@]3(C)C(=CC[C@@H]4[C@@]5(C)CC[C@H](O[C@@H]6O[C@H](CO)[C@@H](O)[C@H](O)[C@H]6O)C(C)(C)C5CC[C@]43C)[C@@H]2C1. The first-order valence-electron chi connectivity index (χ1n) is 17.4. The Kier molecular flexibility index (Phi) is 8.05. The molecule has 0 spiro atoms. The second-order valence-electron chi connectivity index (χ2n) is 18.0. The van der Waals surface area contributed by atoms with E-state index >= 15 is 0 Å². The summed E-state index contributed by atoms with van der Waals surface area (Å²) in [5, 5.41) is 63.5. The van der Waals surface area contributed by atoms with Crippen LogP contribution in [0.2, 0.25) is 0 Å². The first-order chi connectivity index (χ1) is 20.8. The molecular weight excluding hydrogens is 576 g/mol. The number of hydrogen-bond acceptors (Lipinski definition) is 8. The molecule has 9 heteroatoms. The van der Waals surface area contributed by atoms with Gasteiger partial charge in [0.2, 0.25) is 0 Å². The minimum absolute atomic E-state index is 0.0210. The Balaban J connectivity index is 1.31. The van der Waals surface area contributed by atoms with Crippen LogP contribution in [-0.2, 0) is 14.3 Å². The maximum Gasteiger partial charge on any atom is 0.312 e. The third kappa shape index (κ3) is 4.54. The Morgan fingerprint density at radius 3 is 2.22 bits per heavy atom. The predicted octanol–water partition coefficient (Wildman–Crippen LogP) is 4.03. The molecule has 5 aliphatic carbocycles. The minimum atomic E-state index is -1.47. The number of aliphatic carboxylic acids is 1. The molecule has 0 bridgehead atoms. The van der Waals surface area contributed by atoms with Gasteiger partial charge >= 0.3 is 5.97 Å². The first kappa shape index (κ1) is 33.8. The summed E-state index contributed by atoms with van der Waals surface area (Å²) in [6.45, 7) is 15.6. The standard InChI is InChI=1S/C36H58O9/c1-31(2)14-15-36(30(42)43)20(16-31)19-8-9-23-33(5)12-11-25(45-29-28(41)27(40)26(39)21(18-37)44-29)32(3,4)22(33)10-13-34(23,6)35(19,7)17-24(36)38/h8,20-29,37-41H,9-18H2,1-7H3,(H,42,43)/t20-,21+,22?,23+,24-,25-,26+,27-,28+,29-,33-,34+,35+,36+/m0/s1. The van der Waals surface area contributed by atoms with Crippen molar-refractivity contribution in [3.63, 3.8) is 0 Å². The summed E-state index contributed by atoms with van der Waals surface area (Å²) in [6, 6.07) is 0. The van der Waals surface area contributed by atoms with Crippen LogP contribution in [0.15, 0.2) is 11.6 Å². The first-order valence-corrected chi connectivity index (χ1v) is 17.4. The largest absolute Gasteiger partial charge is 0.481 e. The van der Waals surface area contributed by atoms with E-state index < -0.39 is 54.8 Å².